The van der Waals surface area contributed by atoms with Crippen molar-refractivity contribution in [3.05, 3.63) is 217 Å². The normalized spacial score (nSPS) is 12.9. The minimum Gasteiger partial charge on any atom is -0.310 e. The lowest BCUT2D eigenvalue weighted by molar-refractivity contribution is 0.660. The Morgan fingerprint density at radius 3 is 1.88 bits per heavy atom. The van der Waals surface area contributed by atoms with Crippen LogP contribution < -0.4 is 4.90 Å². The van der Waals surface area contributed by atoms with E-state index in [9.17, 15) is 0 Å². The van der Waals surface area contributed by atoms with Crippen LogP contribution >= 0.6 is 0 Å². The molecule has 0 unspecified atom stereocenters. The lowest BCUT2D eigenvalue weighted by atomic mass is 9.82. The molecule has 0 fully saturated rings. The zero-order valence-corrected chi connectivity index (χ0v) is 32.0. The van der Waals surface area contributed by atoms with Crippen LogP contribution in [0.5, 0.6) is 0 Å². The Labute approximate surface area is 333 Å². The Morgan fingerprint density at radius 2 is 1.04 bits per heavy atom. The van der Waals surface area contributed by atoms with Gasteiger partial charge in [-0.3, -0.25) is 0 Å². The summed E-state index contributed by atoms with van der Waals surface area (Å²) in [4.78, 5) is 2.39. The first-order valence-corrected chi connectivity index (χ1v) is 19.9. The summed E-state index contributed by atoms with van der Waals surface area (Å²) in [7, 11) is 0. The Kier molecular flexibility index (Phi) is 7.55. The molecule has 0 spiro atoms. The highest BCUT2D eigenvalue weighted by molar-refractivity contribution is 6.24. The molecule has 0 N–H and O–H groups in total. The lowest BCUT2D eigenvalue weighted by Gasteiger charge is -2.28. The number of anilines is 3. The van der Waals surface area contributed by atoms with Crippen LogP contribution in [-0.2, 0) is 5.41 Å². The molecule has 0 radical (unpaired) electrons. The van der Waals surface area contributed by atoms with Gasteiger partial charge in [0.15, 0.2) is 0 Å². The minimum absolute atomic E-state index is 0.0818. The molecule has 0 atom stereocenters. The van der Waals surface area contributed by atoms with Gasteiger partial charge in [-0.25, -0.2) is 0 Å². The zero-order valence-electron chi connectivity index (χ0n) is 32.0. The van der Waals surface area contributed by atoms with Crippen LogP contribution in [0.25, 0.3) is 71.6 Å². The van der Waals surface area contributed by atoms with Gasteiger partial charge >= 0.3 is 0 Å². The van der Waals surface area contributed by atoms with Gasteiger partial charge in [0.05, 0.1) is 11.0 Å². The summed E-state index contributed by atoms with van der Waals surface area (Å²) in [6.45, 7) is 4.70. The summed E-state index contributed by atoms with van der Waals surface area (Å²) in [6.07, 6.45) is 0. The van der Waals surface area contributed by atoms with E-state index in [1.54, 1.807) is 0 Å². The first-order valence-electron chi connectivity index (χ1n) is 19.9. The molecule has 0 bridgehead atoms. The first-order chi connectivity index (χ1) is 28.0. The van der Waals surface area contributed by atoms with Crippen molar-refractivity contribution in [2.24, 2.45) is 0 Å². The molecule has 1 aliphatic carbocycles. The molecule has 270 valence electrons. The molecular weight excluding hydrogens is 689 g/mol. The van der Waals surface area contributed by atoms with Crippen molar-refractivity contribution >= 4 is 49.6 Å². The van der Waals surface area contributed by atoms with E-state index in [1.807, 2.05) is 0 Å². The van der Waals surface area contributed by atoms with Gasteiger partial charge < -0.3 is 9.47 Å². The fraction of sp³-hybridized carbons (Fsp3) is 0.0545. The maximum Gasteiger partial charge on any atom is 0.0547 e. The highest BCUT2D eigenvalue weighted by atomic mass is 15.1. The molecule has 0 saturated heterocycles. The van der Waals surface area contributed by atoms with Crippen molar-refractivity contribution in [3.8, 4) is 39.1 Å². The second-order valence-corrected chi connectivity index (χ2v) is 15.8. The molecule has 2 nitrogen and oxygen atoms in total. The summed E-state index contributed by atoms with van der Waals surface area (Å²) < 4.78 is 2.43. The van der Waals surface area contributed by atoms with Gasteiger partial charge in [-0.2, -0.15) is 0 Å². The van der Waals surface area contributed by atoms with E-state index in [-0.39, 0.29) is 5.41 Å². The predicted octanol–water partition coefficient (Wildman–Crippen LogP) is 15.0. The number of rotatable bonds is 6. The highest BCUT2D eigenvalue weighted by Crippen LogP contribution is 2.51. The monoisotopic (exact) mass is 728 g/mol. The minimum atomic E-state index is -0.0818. The van der Waals surface area contributed by atoms with Gasteiger partial charge in [-0.15, -0.1) is 0 Å². The van der Waals surface area contributed by atoms with Crippen LogP contribution in [0.1, 0.15) is 25.0 Å². The van der Waals surface area contributed by atoms with Gasteiger partial charge in [0, 0.05) is 38.9 Å². The van der Waals surface area contributed by atoms with Crippen molar-refractivity contribution in [2.45, 2.75) is 19.3 Å². The van der Waals surface area contributed by atoms with Crippen molar-refractivity contribution in [3.63, 3.8) is 0 Å². The van der Waals surface area contributed by atoms with Gasteiger partial charge in [-0.1, -0.05) is 159 Å². The van der Waals surface area contributed by atoms with E-state index in [2.05, 4.69) is 230 Å². The van der Waals surface area contributed by atoms with Crippen molar-refractivity contribution < 1.29 is 0 Å². The third-order valence-electron chi connectivity index (χ3n) is 12.2. The van der Waals surface area contributed by atoms with Crippen molar-refractivity contribution in [1.29, 1.82) is 0 Å². The SMILES string of the molecule is CC1(C)c2ccccc2-c2ccc(N(c3ccccc3)c3cccc(-c4ccc(-n5c6ccccc6c6c7c(-c8ccccc8)cccc7ccc65)cc4)c3)cc21. The number of para-hydroxylation sites is 2. The van der Waals surface area contributed by atoms with E-state index in [4.69, 9.17) is 0 Å². The average molecular weight is 729 g/mol. The van der Waals surface area contributed by atoms with Crippen LogP contribution in [0.4, 0.5) is 17.1 Å². The maximum absolute atomic E-state index is 2.43. The quantitative estimate of drug-likeness (QED) is 0.165. The Balaban J connectivity index is 1.01. The van der Waals surface area contributed by atoms with Crippen LogP contribution in [0.15, 0.2) is 206 Å². The molecule has 1 aliphatic rings. The molecule has 0 saturated carbocycles. The van der Waals surface area contributed by atoms with Gasteiger partial charge in [0.2, 0.25) is 0 Å². The number of hydrogen-bond acceptors (Lipinski definition) is 1. The third kappa shape index (κ3) is 5.25. The molecule has 0 aliphatic heterocycles. The van der Waals surface area contributed by atoms with E-state index in [0.717, 1.165) is 22.7 Å². The van der Waals surface area contributed by atoms with Crippen LogP contribution in [-0.4, -0.2) is 4.57 Å². The molecule has 11 rings (SSSR count). The number of benzene rings is 9. The van der Waals surface area contributed by atoms with Gasteiger partial charge in [-0.05, 0) is 116 Å². The topological polar surface area (TPSA) is 8.17 Å². The Bertz CT molecular complexity index is 3130. The zero-order chi connectivity index (χ0) is 38.1. The number of aromatic nitrogens is 1. The van der Waals surface area contributed by atoms with Crippen LogP contribution in [0.2, 0.25) is 0 Å². The van der Waals surface area contributed by atoms with E-state index < -0.39 is 0 Å². The summed E-state index contributed by atoms with van der Waals surface area (Å²) in [5.41, 5.74) is 17.2. The maximum atomic E-state index is 2.43. The van der Waals surface area contributed by atoms with Crippen LogP contribution in [0.3, 0.4) is 0 Å². The standard InChI is InChI=1S/C55H40N2/c1-55(2)49-25-11-9-22-46(49)47-33-32-44(36-50(47)55)56(41-19-7-4-8-20-41)43-21-13-18-40(35-43)37-27-30-42(31-28-37)57-51-26-12-10-23-48(51)54-52(57)34-29-39-17-14-24-45(53(39)54)38-15-5-3-6-16-38/h3-36H,1-2H3. The second-order valence-electron chi connectivity index (χ2n) is 15.8. The molecule has 2 heteroatoms. The van der Waals surface area contributed by atoms with E-state index in [0.29, 0.717) is 0 Å². The Hall–Kier alpha value is -7.16. The van der Waals surface area contributed by atoms with E-state index >= 15 is 0 Å². The third-order valence-corrected chi connectivity index (χ3v) is 12.2. The van der Waals surface area contributed by atoms with Crippen molar-refractivity contribution in [1.82, 2.24) is 4.57 Å². The second kappa shape index (κ2) is 13.0. The number of nitrogens with zero attached hydrogens (tertiary/aromatic N) is 2. The van der Waals surface area contributed by atoms with Crippen molar-refractivity contribution in [2.75, 3.05) is 4.90 Å². The Morgan fingerprint density at radius 1 is 0.386 bits per heavy atom. The fourth-order valence-electron chi connectivity index (χ4n) is 9.46. The van der Waals surface area contributed by atoms with Gasteiger partial charge in [0.25, 0.3) is 0 Å². The number of hydrogen-bond donors (Lipinski definition) is 0. The molecule has 1 aromatic heterocycles. The summed E-state index contributed by atoms with van der Waals surface area (Å²) in [5, 5.41) is 5.10. The summed E-state index contributed by atoms with van der Waals surface area (Å²) in [5.74, 6) is 0. The molecular formula is C55H40N2. The predicted molar refractivity (Wildman–Crippen MR) is 241 cm³/mol. The molecule has 9 aromatic carbocycles. The molecule has 1 heterocycles. The summed E-state index contributed by atoms with van der Waals surface area (Å²) >= 11 is 0. The average Bonchev–Trinajstić information content (AvgIpc) is 3.73. The molecule has 57 heavy (non-hydrogen) atoms. The van der Waals surface area contributed by atoms with Crippen LogP contribution in [0, 0.1) is 0 Å². The molecule has 0 amide bonds. The highest BCUT2D eigenvalue weighted by Gasteiger charge is 2.35. The molecule has 10 aromatic rings. The lowest BCUT2D eigenvalue weighted by Crippen LogP contribution is -2.16. The largest absolute Gasteiger partial charge is 0.310 e. The summed E-state index contributed by atoms with van der Waals surface area (Å²) in [6, 6.07) is 75.5. The smallest absolute Gasteiger partial charge is 0.0547 e. The number of fused-ring (bicyclic) bond motifs is 8. The van der Waals surface area contributed by atoms with E-state index in [1.165, 1.54) is 77.1 Å². The fourth-order valence-corrected chi connectivity index (χ4v) is 9.46. The van der Waals surface area contributed by atoms with Gasteiger partial charge in [0.1, 0.15) is 0 Å². The first kappa shape index (κ1) is 33.2.